The molecule has 3 aromatic carbocycles. The van der Waals surface area contributed by atoms with Crippen LogP contribution in [0.1, 0.15) is 35.6 Å². The van der Waals surface area contributed by atoms with Crippen molar-refractivity contribution in [3.05, 3.63) is 89.6 Å². The fraction of sp³-hybridized carbons (Fsp3) is 0.179. The number of nitrogen functional groups attached to an aromatic ring is 1. The van der Waals surface area contributed by atoms with Crippen molar-refractivity contribution < 1.29 is 18.0 Å². The fourth-order valence-corrected chi connectivity index (χ4v) is 5.15. The van der Waals surface area contributed by atoms with Crippen molar-refractivity contribution in [3.63, 3.8) is 0 Å². The molecule has 4 aromatic rings. The molecule has 0 fully saturated rings. The molecular formula is C28H27N5O4S. The third-order valence-corrected chi connectivity index (χ3v) is 7.39. The lowest BCUT2D eigenvalue weighted by Crippen LogP contribution is -2.33. The van der Waals surface area contributed by atoms with Gasteiger partial charge in [-0.05, 0) is 77.4 Å². The van der Waals surface area contributed by atoms with E-state index in [1.807, 2.05) is 48.5 Å². The number of amides is 2. The monoisotopic (exact) mass is 529 g/mol. The number of thiol groups is 1. The molecule has 10 heteroatoms. The van der Waals surface area contributed by atoms with Crippen LogP contribution in [0.15, 0.2) is 77.8 Å². The SMILES string of the molecule is Nc1nccc2cc(NC3C(=O)NCc4cc(ccc4[SH](=O)=O)NC(=O)CCCc4ccc3cc4)ccc12. The zero-order chi connectivity index (χ0) is 26.6. The highest BCUT2D eigenvalue weighted by Gasteiger charge is 2.22. The molecule has 4 bridgehead atoms. The quantitative estimate of drug-likeness (QED) is 0.256. The van der Waals surface area contributed by atoms with Gasteiger partial charge in [0.25, 0.3) is 0 Å². The van der Waals surface area contributed by atoms with Gasteiger partial charge in [0, 0.05) is 35.9 Å². The molecule has 2 amide bonds. The predicted molar refractivity (Wildman–Crippen MR) is 147 cm³/mol. The first-order chi connectivity index (χ1) is 18.4. The van der Waals surface area contributed by atoms with Crippen molar-refractivity contribution in [3.8, 4) is 0 Å². The Morgan fingerprint density at radius 2 is 1.76 bits per heavy atom. The molecule has 1 aromatic heterocycles. The summed E-state index contributed by atoms with van der Waals surface area (Å²) in [4.78, 5) is 30.1. The second-order valence-electron chi connectivity index (χ2n) is 9.17. The van der Waals surface area contributed by atoms with Gasteiger partial charge in [-0.2, -0.15) is 0 Å². The van der Waals surface area contributed by atoms with Crippen LogP contribution in [-0.4, -0.2) is 25.2 Å². The predicted octanol–water partition coefficient (Wildman–Crippen LogP) is 3.53. The van der Waals surface area contributed by atoms with Gasteiger partial charge < -0.3 is 21.7 Å². The molecule has 5 N–H and O–H groups in total. The van der Waals surface area contributed by atoms with Gasteiger partial charge in [0.15, 0.2) is 10.7 Å². The number of benzene rings is 3. The maximum absolute atomic E-state index is 13.5. The summed E-state index contributed by atoms with van der Waals surface area (Å²) < 4.78 is 23.7. The van der Waals surface area contributed by atoms with Crippen LogP contribution in [0.5, 0.6) is 0 Å². The number of hydrogen-bond donors (Lipinski definition) is 5. The highest BCUT2D eigenvalue weighted by Crippen LogP contribution is 2.27. The molecule has 2 aliphatic heterocycles. The smallest absolute Gasteiger partial charge is 0.247 e. The van der Waals surface area contributed by atoms with E-state index < -0.39 is 16.7 Å². The lowest BCUT2D eigenvalue weighted by atomic mass is 10.0. The Kier molecular flexibility index (Phi) is 7.23. The third kappa shape index (κ3) is 5.60. The minimum atomic E-state index is -2.89. The van der Waals surface area contributed by atoms with Gasteiger partial charge in [0.1, 0.15) is 11.9 Å². The first-order valence-corrected chi connectivity index (χ1v) is 13.4. The number of fused-ring (bicyclic) bond motifs is 10. The van der Waals surface area contributed by atoms with Crippen LogP contribution in [0.3, 0.4) is 0 Å². The van der Waals surface area contributed by atoms with Crippen molar-refractivity contribution in [2.75, 3.05) is 16.4 Å². The Morgan fingerprint density at radius 1 is 0.947 bits per heavy atom. The summed E-state index contributed by atoms with van der Waals surface area (Å²) in [5.74, 6) is -0.0566. The lowest BCUT2D eigenvalue weighted by molar-refractivity contribution is -0.122. The fourth-order valence-electron chi connectivity index (χ4n) is 4.58. The van der Waals surface area contributed by atoms with Gasteiger partial charge >= 0.3 is 0 Å². The summed E-state index contributed by atoms with van der Waals surface area (Å²) in [6.45, 7) is -0.0304. The highest BCUT2D eigenvalue weighted by atomic mass is 32.2. The second-order valence-corrected chi connectivity index (χ2v) is 10.2. The number of rotatable bonds is 3. The summed E-state index contributed by atoms with van der Waals surface area (Å²) >= 11 is 0. The molecule has 38 heavy (non-hydrogen) atoms. The van der Waals surface area contributed by atoms with Crippen molar-refractivity contribution in [2.24, 2.45) is 0 Å². The first-order valence-electron chi connectivity index (χ1n) is 12.2. The molecule has 194 valence electrons. The molecular weight excluding hydrogens is 502 g/mol. The molecule has 6 rings (SSSR count). The Hall–Kier alpha value is -4.44. The van der Waals surface area contributed by atoms with Gasteiger partial charge in [0.05, 0.1) is 4.90 Å². The van der Waals surface area contributed by atoms with Crippen molar-refractivity contribution in [1.29, 1.82) is 0 Å². The van der Waals surface area contributed by atoms with E-state index in [1.54, 1.807) is 18.3 Å². The third-order valence-electron chi connectivity index (χ3n) is 6.56. The molecule has 9 nitrogen and oxygen atoms in total. The van der Waals surface area contributed by atoms with Crippen LogP contribution in [0, 0.1) is 0 Å². The minimum absolute atomic E-state index is 0.0304. The molecule has 0 saturated heterocycles. The van der Waals surface area contributed by atoms with Crippen LogP contribution < -0.4 is 21.7 Å². The normalized spacial score (nSPS) is 16.3. The van der Waals surface area contributed by atoms with Crippen LogP contribution >= 0.6 is 0 Å². The molecule has 1 unspecified atom stereocenters. The summed E-state index contributed by atoms with van der Waals surface area (Å²) in [5.41, 5.74) is 9.38. The molecule has 3 heterocycles. The van der Waals surface area contributed by atoms with Crippen LogP contribution in [0.25, 0.3) is 10.8 Å². The average molecular weight is 530 g/mol. The number of aromatic nitrogens is 1. The molecule has 0 spiro atoms. The largest absolute Gasteiger partial charge is 0.383 e. The van der Waals surface area contributed by atoms with Crippen LogP contribution in [0.4, 0.5) is 17.2 Å². The Balaban J connectivity index is 1.50. The standard InChI is InChI=1S/C28H27N5O4S/c29-27-23-10-8-22(14-19(23)12-13-30-27)33-26-18-6-4-17(5-7-18)2-1-3-25(34)32-21-9-11-24(38(36)37)20(15-21)16-31-28(26)35/h4-15,26,33,38H,1-3,16H2,(H2,29,30)(H,31,35)(H,32,34). The van der Waals surface area contributed by atoms with Crippen molar-refractivity contribution in [2.45, 2.75) is 36.7 Å². The van der Waals surface area contributed by atoms with Gasteiger partial charge in [-0.1, -0.05) is 24.3 Å². The van der Waals surface area contributed by atoms with Crippen LogP contribution in [-0.2, 0) is 33.3 Å². The molecule has 0 aliphatic carbocycles. The van der Waals surface area contributed by atoms with E-state index in [0.717, 1.165) is 27.6 Å². The number of carbonyl (C=O) groups is 2. The number of nitrogens with zero attached hydrogens (tertiary/aromatic N) is 1. The maximum Gasteiger partial charge on any atom is 0.247 e. The number of aryl methyl sites for hydroxylation is 1. The summed E-state index contributed by atoms with van der Waals surface area (Å²) in [6.07, 6.45) is 3.32. The van der Waals surface area contributed by atoms with Gasteiger partial charge in [-0.3, -0.25) is 9.59 Å². The van der Waals surface area contributed by atoms with Crippen LogP contribution in [0.2, 0.25) is 0 Å². The van der Waals surface area contributed by atoms with E-state index in [0.29, 0.717) is 36.3 Å². The zero-order valence-electron chi connectivity index (χ0n) is 20.4. The minimum Gasteiger partial charge on any atom is -0.383 e. The van der Waals surface area contributed by atoms with Gasteiger partial charge in [-0.25, -0.2) is 13.4 Å². The zero-order valence-corrected chi connectivity index (χ0v) is 21.3. The van der Waals surface area contributed by atoms with Gasteiger partial charge in [-0.15, -0.1) is 0 Å². The summed E-state index contributed by atoms with van der Waals surface area (Å²) in [6, 6.07) is 19.0. The lowest BCUT2D eigenvalue weighted by Gasteiger charge is -2.21. The highest BCUT2D eigenvalue weighted by molar-refractivity contribution is 7.72. The maximum atomic E-state index is 13.5. The Morgan fingerprint density at radius 3 is 2.55 bits per heavy atom. The molecule has 2 aliphatic rings. The van der Waals surface area contributed by atoms with Crippen molar-refractivity contribution in [1.82, 2.24) is 10.3 Å². The summed E-state index contributed by atoms with van der Waals surface area (Å²) in [5, 5.41) is 10.7. The van der Waals surface area contributed by atoms with Gasteiger partial charge in [0.2, 0.25) is 11.8 Å². The number of nitrogens with two attached hydrogens (primary N) is 1. The molecule has 0 saturated carbocycles. The number of hydrogen-bond acceptors (Lipinski definition) is 7. The molecule has 1 atom stereocenters. The topological polar surface area (TPSA) is 143 Å². The Labute approximate surface area is 221 Å². The second kappa shape index (κ2) is 10.9. The average Bonchev–Trinajstić information content (AvgIpc) is 2.90. The van der Waals surface area contributed by atoms with E-state index in [1.165, 1.54) is 6.07 Å². The van der Waals surface area contributed by atoms with E-state index >= 15 is 0 Å². The number of carbonyl (C=O) groups excluding carboxylic acids is 2. The number of pyridine rings is 1. The van der Waals surface area contributed by atoms with E-state index in [-0.39, 0.29) is 23.3 Å². The van der Waals surface area contributed by atoms with E-state index in [4.69, 9.17) is 5.73 Å². The van der Waals surface area contributed by atoms with E-state index in [2.05, 4.69) is 20.9 Å². The first kappa shape index (κ1) is 25.2. The van der Waals surface area contributed by atoms with E-state index in [9.17, 15) is 18.0 Å². The number of anilines is 3. The molecule has 0 radical (unpaired) electrons. The Bertz CT molecular complexity index is 1590. The van der Waals surface area contributed by atoms with Crippen molar-refractivity contribution >= 4 is 50.5 Å². The number of nitrogens with one attached hydrogen (secondary N) is 3. The summed E-state index contributed by atoms with van der Waals surface area (Å²) in [7, 11) is -2.89.